The van der Waals surface area contributed by atoms with Crippen LogP contribution in [0.15, 0.2) is 122 Å². The van der Waals surface area contributed by atoms with Crippen LogP contribution in [-0.2, 0) is 28.6 Å². The molecule has 0 aromatic carbocycles. The Morgan fingerprint density at radius 1 is 0.266 bits per heavy atom. The Morgan fingerprint density at radius 3 is 0.823 bits per heavy atom. The van der Waals surface area contributed by atoms with Crippen LogP contribution >= 0.6 is 0 Å². The average molecular weight is 1100 g/mol. The summed E-state index contributed by atoms with van der Waals surface area (Å²) in [6, 6.07) is 0. The molecule has 0 radical (unpaired) electrons. The van der Waals surface area contributed by atoms with E-state index < -0.39 is 6.10 Å². The van der Waals surface area contributed by atoms with Gasteiger partial charge in [-0.15, -0.1) is 0 Å². The van der Waals surface area contributed by atoms with Crippen molar-refractivity contribution in [3.8, 4) is 0 Å². The molecule has 0 aliphatic heterocycles. The normalized spacial score (nSPS) is 12.9. The lowest BCUT2D eigenvalue weighted by Gasteiger charge is -2.18. The highest BCUT2D eigenvalue weighted by molar-refractivity contribution is 5.71. The summed E-state index contributed by atoms with van der Waals surface area (Å²) >= 11 is 0. The SMILES string of the molecule is CC/C=C\C/C=C\C/C=C\C/C=C\C/C=C\CCCCCCCCCCCCCC(=O)OCC(COC(=O)CCCCCCC/C=C\C/C=C\CCC)OC(=O)CCCCCCCC/C=C\C/C=C\C/C=C\CCCCCCC. The molecule has 6 heteroatoms. The molecule has 1 unspecified atom stereocenters. The molecule has 79 heavy (non-hydrogen) atoms. The molecule has 0 aliphatic carbocycles. The largest absolute Gasteiger partial charge is 0.462 e. The van der Waals surface area contributed by atoms with Crippen LogP contribution < -0.4 is 0 Å². The van der Waals surface area contributed by atoms with Crippen LogP contribution in [0.4, 0.5) is 0 Å². The average Bonchev–Trinajstić information content (AvgIpc) is 3.45. The van der Waals surface area contributed by atoms with Crippen molar-refractivity contribution in [3.05, 3.63) is 122 Å². The Kier molecular flexibility index (Phi) is 62.8. The van der Waals surface area contributed by atoms with Crippen molar-refractivity contribution < 1.29 is 28.6 Å². The van der Waals surface area contributed by atoms with Gasteiger partial charge in [-0.1, -0.05) is 277 Å². The number of carbonyl (C=O) groups is 3. The van der Waals surface area contributed by atoms with Gasteiger partial charge in [-0.05, 0) is 128 Å². The van der Waals surface area contributed by atoms with Gasteiger partial charge in [-0.3, -0.25) is 14.4 Å². The van der Waals surface area contributed by atoms with E-state index in [1.807, 2.05) is 0 Å². The second-order valence-electron chi connectivity index (χ2n) is 21.6. The van der Waals surface area contributed by atoms with Gasteiger partial charge in [0, 0.05) is 19.3 Å². The molecular weight excluding hydrogens is 973 g/mol. The number of carbonyl (C=O) groups excluding carboxylic acids is 3. The summed E-state index contributed by atoms with van der Waals surface area (Å²) < 4.78 is 16.9. The molecule has 450 valence electrons. The summed E-state index contributed by atoms with van der Waals surface area (Å²) in [5.41, 5.74) is 0. The van der Waals surface area contributed by atoms with Crippen molar-refractivity contribution in [2.24, 2.45) is 0 Å². The molecule has 0 saturated carbocycles. The Bertz CT molecular complexity index is 1640. The summed E-state index contributed by atoms with van der Waals surface area (Å²) in [6.45, 7) is 6.44. The zero-order chi connectivity index (χ0) is 57.1. The van der Waals surface area contributed by atoms with Crippen molar-refractivity contribution in [2.45, 2.75) is 309 Å². The Balaban J connectivity index is 4.35. The maximum Gasteiger partial charge on any atom is 0.306 e. The quantitative estimate of drug-likeness (QED) is 0.0261. The van der Waals surface area contributed by atoms with E-state index in [0.29, 0.717) is 19.3 Å². The molecule has 0 heterocycles. The van der Waals surface area contributed by atoms with Crippen LogP contribution in [0.3, 0.4) is 0 Å². The Hall–Kier alpha value is -4.19. The first-order valence-corrected chi connectivity index (χ1v) is 33.0. The number of allylic oxidation sites excluding steroid dienone is 20. The number of hydrogen-bond acceptors (Lipinski definition) is 6. The fourth-order valence-corrected chi connectivity index (χ4v) is 8.99. The summed E-state index contributed by atoms with van der Waals surface area (Å²) in [5, 5.41) is 0. The van der Waals surface area contributed by atoms with Gasteiger partial charge in [-0.2, -0.15) is 0 Å². The number of unbranched alkanes of at least 4 members (excludes halogenated alkanes) is 28. The first-order chi connectivity index (χ1) is 39.0. The maximum absolute atomic E-state index is 12.9. The van der Waals surface area contributed by atoms with Crippen molar-refractivity contribution in [3.63, 3.8) is 0 Å². The van der Waals surface area contributed by atoms with Crippen molar-refractivity contribution >= 4 is 17.9 Å². The highest BCUT2D eigenvalue weighted by atomic mass is 16.6. The fourth-order valence-electron chi connectivity index (χ4n) is 8.99. The summed E-state index contributed by atoms with van der Waals surface area (Å²) in [6.07, 6.45) is 92.0. The topological polar surface area (TPSA) is 78.9 Å². The standard InChI is InChI=1S/C73H122O6/c1-4-7-10-13-16-19-22-25-27-29-31-33-34-35-36-37-38-40-41-43-45-48-51-54-57-60-63-66-72(75)78-69-70(68-77-71(74)65-62-59-56-53-50-47-24-21-18-15-12-9-6-3)79-73(76)67-64-61-58-55-52-49-46-44-42-39-32-30-28-26-23-20-17-14-11-8-5-2/h7,10,12,15-16,19,21,23-27,30-33,35-36,42,44,70H,4-6,8-9,11,13-14,17-18,20,22,28-29,34,37-41,43,45-69H2,1-3H3/b10-7-,15-12-,19-16-,24-21-,26-23-,27-25-,32-30-,33-31-,36-35-,44-42-. The van der Waals surface area contributed by atoms with E-state index in [1.165, 1.54) is 116 Å². The van der Waals surface area contributed by atoms with Gasteiger partial charge in [0.1, 0.15) is 13.2 Å². The fraction of sp³-hybridized carbons (Fsp3) is 0.685. The zero-order valence-corrected chi connectivity index (χ0v) is 51.6. The predicted molar refractivity (Wildman–Crippen MR) is 343 cm³/mol. The molecule has 0 aliphatic rings. The van der Waals surface area contributed by atoms with Crippen LogP contribution in [0.25, 0.3) is 0 Å². The van der Waals surface area contributed by atoms with E-state index in [1.54, 1.807) is 0 Å². The van der Waals surface area contributed by atoms with E-state index >= 15 is 0 Å². The van der Waals surface area contributed by atoms with Gasteiger partial charge < -0.3 is 14.2 Å². The summed E-state index contributed by atoms with van der Waals surface area (Å²) in [7, 11) is 0. The lowest BCUT2D eigenvalue weighted by molar-refractivity contribution is -0.167. The minimum atomic E-state index is -0.797. The predicted octanol–water partition coefficient (Wildman–Crippen LogP) is 22.8. The van der Waals surface area contributed by atoms with E-state index in [9.17, 15) is 14.4 Å². The molecular formula is C73H122O6. The number of esters is 3. The van der Waals surface area contributed by atoms with Crippen molar-refractivity contribution in [1.29, 1.82) is 0 Å². The molecule has 0 aromatic rings. The lowest BCUT2D eigenvalue weighted by atomic mass is 10.0. The molecule has 0 spiro atoms. The van der Waals surface area contributed by atoms with Gasteiger partial charge in [0.05, 0.1) is 0 Å². The van der Waals surface area contributed by atoms with E-state index in [4.69, 9.17) is 14.2 Å². The third-order valence-corrected chi connectivity index (χ3v) is 13.9. The molecule has 6 nitrogen and oxygen atoms in total. The molecule has 0 amide bonds. The van der Waals surface area contributed by atoms with Crippen LogP contribution in [-0.4, -0.2) is 37.2 Å². The number of ether oxygens (including phenoxy) is 3. The third-order valence-electron chi connectivity index (χ3n) is 13.9. The van der Waals surface area contributed by atoms with Gasteiger partial charge in [0.2, 0.25) is 0 Å². The molecule has 0 aromatic heterocycles. The van der Waals surface area contributed by atoms with Crippen LogP contribution in [0, 0.1) is 0 Å². The summed E-state index contributed by atoms with van der Waals surface area (Å²) in [4.78, 5) is 38.3. The molecule has 0 saturated heterocycles. The van der Waals surface area contributed by atoms with Gasteiger partial charge in [-0.25, -0.2) is 0 Å². The second kappa shape index (κ2) is 66.3. The van der Waals surface area contributed by atoms with Crippen LogP contribution in [0.1, 0.15) is 303 Å². The molecule has 0 bridgehead atoms. The van der Waals surface area contributed by atoms with Gasteiger partial charge >= 0.3 is 17.9 Å². The van der Waals surface area contributed by atoms with E-state index in [0.717, 1.165) is 148 Å². The minimum Gasteiger partial charge on any atom is -0.462 e. The smallest absolute Gasteiger partial charge is 0.306 e. The lowest BCUT2D eigenvalue weighted by Crippen LogP contribution is -2.30. The monoisotopic (exact) mass is 1090 g/mol. The van der Waals surface area contributed by atoms with Crippen molar-refractivity contribution in [1.82, 2.24) is 0 Å². The first-order valence-electron chi connectivity index (χ1n) is 33.0. The Labute approximate surface area is 488 Å². The highest BCUT2D eigenvalue weighted by Crippen LogP contribution is 2.16. The maximum atomic E-state index is 12.9. The van der Waals surface area contributed by atoms with Gasteiger partial charge in [0.15, 0.2) is 6.10 Å². The van der Waals surface area contributed by atoms with E-state index in [2.05, 4.69) is 142 Å². The number of rotatable bonds is 59. The highest BCUT2D eigenvalue weighted by Gasteiger charge is 2.19. The number of hydrogen-bond donors (Lipinski definition) is 0. The second-order valence-corrected chi connectivity index (χ2v) is 21.6. The molecule has 1 atom stereocenters. The molecule has 0 rings (SSSR count). The zero-order valence-electron chi connectivity index (χ0n) is 51.6. The summed E-state index contributed by atoms with van der Waals surface area (Å²) in [5.74, 6) is -0.915. The van der Waals surface area contributed by atoms with Crippen LogP contribution in [0.5, 0.6) is 0 Å². The third kappa shape index (κ3) is 64.5. The van der Waals surface area contributed by atoms with Gasteiger partial charge in [0.25, 0.3) is 0 Å². The molecule has 0 fully saturated rings. The van der Waals surface area contributed by atoms with Crippen molar-refractivity contribution in [2.75, 3.05) is 13.2 Å². The minimum absolute atomic E-state index is 0.0912. The first kappa shape index (κ1) is 74.8. The van der Waals surface area contributed by atoms with Crippen LogP contribution in [0.2, 0.25) is 0 Å². The Morgan fingerprint density at radius 2 is 0.519 bits per heavy atom. The molecule has 0 N–H and O–H groups in total. The van der Waals surface area contributed by atoms with E-state index in [-0.39, 0.29) is 31.1 Å².